The van der Waals surface area contributed by atoms with Gasteiger partial charge >= 0.3 is 0 Å². The fraction of sp³-hybridized carbons (Fsp3) is 0.250. The molecule has 132 valence electrons. The molecular weight excluding hydrogens is 328 g/mol. The van der Waals surface area contributed by atoms with E-state index in [0.717, 1.165) is 24.2 Å². The first-order valence-electron chi connectivity index (χ1n) is 8.81. The molecule has 6 heteroatoms. The molecule has 2 heterocycles. The molecule has 6 nitrogen and oxygen atoms in total. The van der Waals surface area contributed by atoms with Gasteiger partial charge in [0.15, 0.2) is 0 Å². The number of fused-ring (bicyclic) bond motifs is 1. The first kappa shape index (κ1) is 16.3. The van der Waals surface area contributed by atoms with Crippen LogP contribution < -0.4 is 10.6 Å². The number of nitrogens with zero attached hydrogens (tertiary/aromatic N) is 2. The van der Waals surface area contributed by atoms with Crippen molar-refractivity contribution in [3.63, 3.8) is 0 Å². The Morgan fingerprint density at radius 2 is 2.04 bits per heavy atom. The second kappa shape index (κ2) is 7.00. The summed E-state index contributed by atoms with van der Waals surface area (Å²) >= 11 is 0. The molecule has 3 aromatic rings. The standard InChI is InChI=1S/C20H20N4O2/c25-19(15-4-3-5-16(12-15)23-20(26)14-7-8-14)21-10-9-17-13-24-11-2-1-6-18(24)22-17/h1-6,11-14H,7-10H2,(H,21,25)(H,23,26). The number of aromatic nitrogens is 2. The summed E-state index contributed by atoms with van der Waals surface area (Å²) in [7, 11) is 0. The van der Waals surface area contributed by atoms with Crippen LogP contribution in [-0.2, 0) is 11.2 Å². The first-order chi connectivity index (χ1) is 12.7. The van der Waals surface area contributed by atoms with E-state index in [1.807, 2.05) is 35.0 Å². The third kappa shape index (κ3) is 3.74. The number of imidazole rings is 1. The first-order valence-corrected chi connectivity index (χ1v) is 8.81. The van der Waals surface area contributed by atoms with E-state index in [9.17, 15) is 9.59 Å². The van der Waals surface area contributed by atoms with Crippen molar-refractivity contribution in [1.29, 1.82) is 0 Å². The van der Waals surface area contributed by atoms with Gasteiger partial charge in [0.2, 0.25) is 5.91 Å². The number of carbonyl (C=O) groups is 2. The molecule has 4 rings (SSSR count). The highest BCUT2D eigenvalue weighted by molar-refractivity contribution is 5.98. The minimum absolute atomic E-state index is 0.0365. The minimum atomic E-state index is -0.156. The van der Waals surface area contributed by atoms with Crippen LogP contribution in [0.5, 0.6) is 0 Å². The molecule has 1 aliphatic carbocycles. The molecule has 0 unspecified atom stereocenters. The number of benzene rings is 1. The van der Waals surface area contributed by atoms with Crippen LogP contribution in [0.15, 0.2) is 54.9 Å². The molecule has 2 aromatic heterocycles. The van der Waals surface area contributed by atoms with Gasteiger partial charge in [-0.05, 0) is 43.2 Å². The van der Waals surface area contributed by atoms with E-state index in [2.05, 4.69) is 15.6 Å². The predicted molar refractivity (Wildman–Crippen MR) is 99.0 cm³/mol. The molecule has 1 aliphatic rings. The number of rotatable bonds is 6. The van der Waals surface area contributed by atoms with E-state index in [1.54, 1.807) is 24.3 Å². The quantitative estimate of drug-likeness (QED) is 0.719. The van der Waals surface area contributed by atoms with Crippen LogP contribution in [0.3, 0.4) is 0 Å². The van der Waals surface area contributed by atoms with E-state index in [-0.39, 0.29) is 17.7 Å². The lowest BCUT2D eigenvalue weighted by Crippen LogP contribution is -2.26. The number of anilines is 1. The van der Waals surface area contributed by atoms with Crippen molar-refractivity contribution in [2.24, 2.45) is 5.92 Å². The van der Waals surface area contributed by atoms with Crippen molar-refractivity contribution in [3.8, 4) is 0 Å². The average Bonchev–Trinajstić information content (AvgIpc) is 3.42. The molecule has 2 amide bonds. The van der Waals surface area contributed by atoms with Crippen LogP contribution in [-0.4, -0.2) is 27.7 Å². The van der Waals surface area contributed by atoms with Gasteiger partial charge in [0.1, 0.15) is 5.65 Å². The highest BCUT2D eigenvalue weighted by Crippen LogP contribution is 2.30. The molecule has 0 aliphatic heterocycles. The van der Waals surface area contributed by atoms with Crippen LogP contribution in [0.2, 0.25) is 0 Å². The van der Waals surface area contributed by atoms with Gasteiger partial charge in [0, 0.05) is 42.5 Å². The van der Waals surface area contributed by atoms with Gasteiger partial charge in [0.25, 0.3) is 5.91 Å². The zero-order chi connectivity index (χ0) is 17.9. The zero-order valence-corrected chi connectivity index (χ0v) is 14.3. The topological polar surface area (TPSA) is 75.5 Å². The fourth-order valence-electron chi connectivity index (χ4n) is 2.84. The summed E-state index contributed by atoms with van der Waals surface area (Å²) in [4.78, 5) is 28.7. The van der Waals surface area contributed by atoms with Crippen molar-refractivity contribution in [3.05, 3.63) is 66.1 Å². The summed E-state index contributed by atoms with van der Waals surface area (Å²) in [5.41, 5.74) is 3.03. The number of pyridine rings is 1. The van der Waals surface area contributed by atoms with Crippen LogP contribution in [0.1, 0.15) is 28.9 Å². The van der Waals surface area contributed by atoms with Gasteiger partial charge in [0.05, 0.1) is 5.69 Å². The van der Waals surface area contributed by atoms with E-state index in [0.29, 0.717) is 24.2 Å². The molecule has 26 heavy (non-hydrogen) atoms. The van der Waals surface area contributed by atoms with Crippen molar-refractivity contribution in [2.75, 3.05) is 11.9 Å². The summed E-state index contributed by atoms with van der Waals surface area (Å²) in [6.45, 7) is 0.501. The van der Waals surface area contributed by atoms with Gasteiger partial charge < -0.3 is 15.0 Å². The SMILES string of the molecule is O=C(NCCc1cn2ccccc2n1)c1cccc(NC(=O)C2CC2)c1. The van der Waals surface area contributed by atoms with Crippen molar-refractivity contribution < 1.29 is 9.59 Å². The normalized spacial score (nSPS) is 13.5. The lowest BCUT2D eigenvalue weighted by Gasteiger charge is -2.07. The van der Waals surface area contributed by atoms with Gasteiger partial charge in [-0.25, -0.2) is 4.98 Å². The lowest BCUT2D eigenvalue weighted by atomic mass is 10.2. The Hall–Kier alpha value is -3.15. The molecule has 1 saturated carbocycles. The van der Waals surface area contributed by atoms with Crippen LogP contribution in [0, 0.1) is 5.92 Å². The van der Waals surface area contributed by atoms with Gasteiger partial charge in [-0.3, -0.25) is 9.59 Å². The maximum Gasteiger partial charge on any atom is 0.251 e. The number of nitrogens with one attached hydrogen (secondary N) is 2. The number of carbonyl (C=O) groups excluding carboxylic acids is 2. The Balaban J connectivity index is 1.33. The molecule has 1 aromatic carbocycles. The average molecular weight is 348 g/mol. The Kier molecular flexibility index (Phi) is 4.39. The van der Waals surface area contributed by atoms with E-state index >= 15 is 0 Å². The van der Waals surface area contributed by atoms with E-state index in [4.69, 9.17) is 0 Å². The third-order valence-electron chi connectivity index (χ3n) is 4.42. The van der Waals surface area contributed by atoms with Crippen LogP contribution in [0.4, 0.5) is 5.69 Å². The largest absolute Gasteiger partial charge is 0.352 e. The monoisotopic (exact) mass is 348 g/mol. The van der Waals surface area contributed by atoms with Gasteiger partial charge in [-0.2, -0.15) is 0 Å². The second-order valence-electron chi connectivity index (χ2n) is 6.55. The molecular formula is C20H20N4O2. The maximum absolute atomic E-state index is 12.3. The predicted octanol–water partition coefficient (Wildman–Crippen LogP) is 2.66. The van der Waals surface area contributed by atoms with Crippen molar-refractivity contribution in [2.45, 2.75) is 19.3 Å². The highest BCUT2D eigenvalue weighted by Gasteiger charge is 2.29. The Bertz CT molecular complexity index is 926. The van der Waals surface area contributed by atoms with Gasteiger partial charge in [-0.1, -0.05) is 12.1 Å². The maximum atomic E-state index is 12.3. The zero-order valence-electron chi connectivity index (χ0n) is 14.3. The molecule has 0 spiro atoms. The van der Waals surface area contributed by atoms with E-state index in [1.165, 1.54) is 0 Å². The summed E-state index contributed by atoms with van der Waals surface area (Å²) in [6, 6.07) is 12.9. The summed E-state index contributed by atoms with van der Waals surface area (Å²) in [5.74, 6) is 0.0172. The smallest absolute Gasteiger partial charge is 0.251 e. The highest BCUT2D eigenvalue weighted by atomic mass is 16.2. The molecule has 0 radical (unpaired) electrons. The molecule has 1 fully saturated rings. The van der Waals surface area contributed by atoms with Crippen molar-refractivity contribution in [1.82, 2.24) is 14.7 Å². The molecule has 0 atom stereocenters. The number of amides is 2. The molecule has 2 N–H and O–H groups in total. The summed E-state index contributed by atoms with van der Waals surface area (Å²) < 4.78 is 1.96. The van der Waals surface area contributed by atoms with Gasteiger partial charge in [-0.15, -0.1) is 0 Å². The summed E-state index contributed by atoms with van der Waals surface area (Å²) in [5, 5.41) is 5.77. The lowest BCUT2D eigenvalue weighted by molar-refractivity contribution is -0.117. The Morgan fingerprint density at radius 1 is 1.15 bits per heavy atom. The Labute approximate surface area is 151 Å². The van der Waals surface area contributed by atoms with E-state index < -0.39 is 0 Å². The Morgan fingerprint density at radius 3 is 2.85 bits per heavy atom. The van der Waals surface area contributed by atoms with Crippen LogP contribution in [0.25, 0.3) is 5.65 Å². The number of hydrogen-bond donors (Lipinski definition) is 2. The minimum Gasteiger partial charge on any atom is -0.352 e. The third-order valence-corrected chi connectivity index (χ3v) is 4.42. The van der Waals surface area contributed by atoms with Crippen molar-refractivity contribution >= 4 is 23.1 Å². The second-order valence-corrected chi connectivity index (χ2v) is 6.55. The van der Waals surface area contributed by atoms with Crippen LogP contribution >= 0.6 is 0 Å². The summed E-state index contributed by atoms with van der Waals surface area (Å²) in [6.07, 6.45) is 6.48. The molecule has 0 bridgehead atoms. The number of hydrogen-bond acceptors (Lipinski definition) is 3. The fourth-order valence-corrected chi connectivity index (χ4v) is 2.84. The molecule has 0 saturated heterocycles.